The Morgan fingerprint density at radius 3 is 2.89 bits per heavy atom. The molecule has 0 radical (unpaired) electrons. The first kappa shape index (κ1) is 14.0. The lowest BCUT2D eigenvalue weighted by Crippen LogP contribution is -2.09. The molecule has 1 aliphatic heterocycles. The number of epoxide rings is 1. The average Bonchev–Trinajstić information content (AvgIpc) is 3.26. The van der Waals surface area contributed by atoms with E-state index in [9.17, 15) is 4.79 Å². The lowest BCUT2D eigenvalue weighted by Gasteiger charge is -2.16. The Morgan fingerprint density at radius 1 is 1.47 bits per heavy atom. The summed E-state index contributed by atoms with van der Waals surface area (Å²) in [6.45, 7) is 3.46. The molecule has 19 heavy (non-hydrogen) atoms. The first-order valence-corrected chi connectivity index (χ1v) is 6.58. The van der Waals surface area contributed by atoms with Crippen molar-refractivity contribution in [3.05, 3.63) is 35.4 Å². The normalized spacial score (nSPS) is 18.9. The summed E-state index contributed by atoms with van der Waals surface area (Å²) in [4.78, 5) is 11.2. The molecule has 0 saturated carbocycles. The van der Waals surface area contributed by atoms with E-state index in [0.29, 0.717) is 19.4 Å². The molecule has 1 heterocycles. The number of hydrogen-bond acceptors (Lipinski definition) is 4. The standard InChI is InChI=1S/C15H20O4/c1-11(18-9-13-10-19-13)14-6-4-3-5-12(14)7-8-15(16)17-2/h3-6,11,13H,7-10H2,1-2H3/t11-,13+/m1/s1. The molecule has 1 aromatic carbocycles. The van der Waals surface area contributed by atoms with Crippen molar-refractivity contribution in [1.29, 1.82) is 0 Å². The van der Waals surface area contributed by atoms with E-state index in [2.05, 4.69) is 4.74 Å². The van der Waals surface area contributed by atoms with Crippen molar-refractivity contribution in [3.8, 4) is 0 Å². The van der Waals surface area contributed by atoms with Gasteiger partial charge in [0.15, 0.2) is 0 Å². The first-order valence-electron chi connectivity index (χ1n) is 6.58. The molecule has 2 atom stereocenters. The number of aryl methyl sites for hydroxylation is 1. The molecule has 0 unspecified atom stereocenters. The van der Waals surface area contributed by atoms with Crippen molar-refractivity contribution < 1.29 is 19.0 Å². The van der Waals surface area contributed by atoms with Gasteiger partial charge in [0.1, 0.15) is 6.10 Å². The van der Waals surface area contributed by atoms with Crippen LogP contribution in [0.15, 0.2) is 24.3 Å². The fourth-order valence-electron chi connectivity index (χ4n) is 2.00. The predicted octanol–water partition coefficient (Wildman–Crippen LogP) is 2.27. The summed E-state index contributed by atoms with van der Waals surface area (Å²) in [5.74, 6) is -0.185. The monoisotopic (exact) mass is 264 g/mol. The van der Waals surface area contributed by atoms with Crippen LogP contribution in [0.3, 0.4) is 0 Å². The smallest absolute Gasteiger partial charge is 0.305 e. The minimum Gasteiger partial charge on any atom is -0.469 e. The summed E-state index contributed by atoms with van der Waals surface area (Å²) >= 11 is 0. The molecule has 1 aliphatic rings. The highest BCUT2D eigenvalue weighted by Crippen LogP contribution is 2.24. The van der Waals surface area contributed by atoms with Crippen molar-refractivity contribution in [3.63, 3.8) is 0 Å². The van der Waals surface area contributed by atoms with Crippen LogP contribution in [0.2, 0.25) is 0 Å². The third-order valence-electron chi connectivity index (χ3n) is 3.25. The van der Waals surface area contributed by atoms with Gasteiger partial charge in [-0.15, -0.1) is 0 Å². The van der Waals surface area contributed by atoms with Gasteiger partial charge in [0.05, 0.1) is 26.4 Å². The molecule has 0 aromatic heterocycles. The van der Waals surface area contributed by atoms with Crippen LogP contribution in [0.25, 0.3) is 0 Å². The Hall–Kier alpha value is -1.39. The average molecular weight is 264 g/mol. The maximum atomic E-state index is 11.2. The Morgan fingerprint density at radius 2 is 2.21 bits per heavy atom. The Labute approximate surface area is 113 Å². The molecule has 1 saturated heterocycles. The molecule has 4 nitrogen and oxygen atoms in total. The van der Waals surface area contributed by atoms with Gasteiger partial charge in [0, 0.05) is 6.42 Å². The van der Waals surface area contributed by atoms with Gasteiger partial charge in [-0.05, 0) is 24.5 Å². The summed E-state index contributed by atoms with van der Waals surface area (Å²) in [5, 5.41) is 0. The number of methoxy groups -OCH3 is 1. The minimum atomic E-state index is -0.185. The Bertz CT molecular complexity index is 426. The third kappa shape index (κ3) is 4.33. The third-order valence-corrected chi connectivity index (χ3v) is 3.25. The van der Waals surface area contributed by atoms with E-state index in [1.165, 1.54) is 7.11 Å². The first-order chi connectivity index (χ1) is 9.20. The van der Waals surface area contributed by atoms with Crippen molar-refractivity contribution in [2.75, 3.05) is 20.3 Å². The lowest BCUT2D eigenvalue weighted by atomic mass is 9.99. The second kappa shape index (κ2) is 6.68. The number of esters is 1. The van der Waals surface area contributed by atoms with Gasteiger partial charge in [-0.25, -0.2) is 0 Å². The zero-order valence-corrected chi connectivity index (χ0v) is 11.4. The van der Waals surface area contributed by atoms with Crippen LogP contribution in [-0.4, -0.2) is 32.4 Å². The summed E-state index contributed by atoms with van der Waals surface area (Å²) in [7, 11) is 1.41. The van der Waals surface area contributed by atoms with E-state index in [1.54, 1.807) is 0 Å². The second-order valence-electron chi connectivity index (χ2n) is 4.71. The van der Waals surface area contributed by atoms with E-state index in [-0.39, 0.29) is 18.2 Å². The molecule has 4 heteroatoms. The molecule has 1 fully saturated rings. The SMILES string of the molecule is COC(=O)CCc1ccccc1[C@@H](C)OC[C@H]1CO1. The number of rotatable bonds is 7. The van der Waals surface area contributed by atoms with Gasteiger partial charge in [0.2, 0.25) is 0 Å². The van der Waals surface area contributed by atoms with Gasteiger partial charge in [-0.3, -0.25) is 4.79 Å². The molecule has 0 aliphatic carbocycles. The number of ether oxygens (including phenoxy) is 3. The van der Waals surface area contributed by atoms with Crippen molar-refractivity contribution >= 4 is 5.97 Å². The van der Waals surface area contributed by atoms with Gasteiger partial charge in [-0.2, -0.15) is 0 Å². The van der Waals surface area contributed by atoms with Crippen molar-refractivity contribution in [2.45, 2.75) is 32.0 Å². The van der Waals surface area contributed by atoms with Crippen LogP contribution in [0.1, 0.15) is 30.6 Å². The number of carbonyl (C=O) groups is 1. The molecule has 2 rings (SSSR count). The quantitative estimate of drug-likeness (QED) is 0.560. The summed E-state index contributed by atoms with van der Waals surface area (Å²) in [5.41, 5.74) is 2.27. The summed E-state index contributed by atoms with van der Waals surface area (Å²) < 4.78 is 15.6. The lowest BCUT2D eigenvalue weighted by molar-refractivity contribution is -0.140. The van der Waals surface area contributed by atoms with Gasteiger partial charge in [0.25, 0.3) is 0 Å². The van der Waals surface area contributed by atoms with Crippen LogP contribution in [0.4, 0.5) is 0 Å². The van der Waals surface area contributed by atoms with Crippen LogP contribution in [0.5, 0.6) is 0 Å². The predicted molar refractivity (Wildman–Crippen MR) is 70.9 cm³/mol. The molecule has 0 amide bonds. The fraction of sp³-hybridized carbons (Fsp3) is 0.533. The van der Waals surface area contributed by atoms with E-state index in [1.807, 2.05) is 31.2 Å². The topological polar surface area (TPSA) is 48.1 Å². The zero-order chi connectivity index (χ0) is 13.7. The van der Waals surface area contributed by atoms with E-state index >= 15 is 0 Å². The number of benzene rings is 1. The summed E-state index contributed by atoms with van der Waals surface area (Å²) in [6, 6.07) is 8.05. The Balaban J connectivity index is 1.95. The van der Waals surface area contributed by atoms with Gasteiger partial charge >= 0.3 is 5.97 Å². The number of carbonyl (C=O) groups excluding carboxylic acids is 1. The second-order valence-corrected chi connectivity index (χ2v) is 4.71. The fourth-order valence-corrected chi connectivity index (χ4v) is 2.00. The van der Waals surface area contributed by atoms with Gasteiger partial charge < -0.3 is 14.2 Å². The molecule has 104 valence electrons. The molecular formula is C15H20O4. The molecular weight excluding hydrogens is 244 g/mol. The van der Waals surface area contributed by atoms with Gasteiger partial charge in [-0.1, -0.05) is 24.3 Å². The van der Waals surface area contributed by atoms with Crippen LogP contribution >= 0.6 is 0 Å². The van der Waals surface area contributed by atoms with Crippen molar-refractivity contribution in [2.24, 2.45) is 0 Å². The Kier molecular flexibility index (Phi) is 4.93. The van der Waals surface area contributed by atoms with Crippen molar-refractivity contribution in [1.82, 2.24) is 0 Å². The van der Waals surface area contributed by atoms with Crippen LogP contribution in [-0.2, 0) is 25.4 Å². The molecule has 0 N–H and O–H groups in total. The summed E-state index contributed by atoms with van der Waals surface area (Å²) in [6.07, 6.45) is 1.35. The highest BCUT2D eigenvalue weighted by molar-refractivity contribution is 5.69. The molecule has 0 bridgehead atoms. The van der Waals surface area contributed by atoms with E-state index < -0.39 is 0 Å². The maximum absolute atomic E-state index is 11.2. The maximum Gasteiger partial charge on any atom is 0.305 e. The number of hydrogen-bond donors (Lipinski definition) is 0. The highest BCUT2D eigenvalue weighted by Gasteiger charge is 2.24. The van der Waals surface area contributed by atoms with E-state index in [4.69, 9.17) is 9.47 Å². The van der Waals surface area contributed by atoms with Crippen LogP contribution in [0, 0.1) is 0 Å². The largest absolute Gasteiger partial charge is 0.469 e. The van der Waals surface area contributed by atoms with E-state index in [0.717, 1.165) is 17.7 Å². The molecule has 1 aromatic rings. The minimum absolute atomic E-state index is 0.0121. The zero-order valence-electron chi connectivity index (χ0n) is 11.4. The molecule has 0 spiro atoms. The van der Waals surface area contributed by atoms with Crippen LogP contribution < -0.4 is 0 Å². The highest BCUT2D eigenvalue weighted by atomic mass is 16.6.